The molecule has 0 fully saturated rings. The number of amides is 1. The second-order valence-corrected chi connectivity index (χ2v) is 8.09. The summed E-state index contributed by atoms with van der Waals surface area (Å²) in [6.07, 6.45) is 3.55. The minimum Gasteiger partial charge on any atom is -0.346 e. The van der Waals surface area contributed by atoms with Crippen molar-refractivity contribution in [2.75, 3.05) is 0 Å². The van der Waals surface area contributed by atoms with Gasteiger partial charge in [-0.1, -0.05) is 22.9 Å². The molecule has 0 aliphatic heterocycles. The number of aromatic nitrogens is 4. The Balaban J connectivity index is 1.46. The van der Waals surface area contributed by atoms with Gasteiger partial charge in [0.05, 0.1) is 27.6 Å². The summed E-state index contributed by atoms with van der Waals surface area (Å²) >= 11 is 7.08. The molecule has 7 nitrogen and oxygen atoms in total. The summed E-state index contributed by atoms with van der Waals surface area (Å²) in [5.41, 5.74) is 3.10. The number of carbonyl (C=O) groups excluding carboxylic acids is 1. The number of hydrogen-bond acceptors (Lipinski definition) is 5. The van der Waals surface area contributed by atoms with Crippen LogP contribution in [0.2, 0.25) is 4.34 Å². The van der Waals surface area contributed by atoms with Crippen molar-refractivity contribution in [3.8, 4) is 11.4 Å². The number of nitrogens with one attached hydrogen (secondary N) is 1. The van der Waals surface area contributed by atoms with Gasteiger partial charge in [0.2, 0.25) is 0 Å². The fourth-order valence-corrected chi connectivity index (χ4v) is 3.72. The molecule has 4 rings (SSSR count). The average molecular weight is 426 g/mol. The van der Waals surface area contributed by atoms with Gasteiger partial charge in [0.15, 0.2) is 0 Å². The number of nitrogens with zero attached hydrogens (tertiary/aromatic N) is 4. The van der Waals surface area contributed by atoms with Gasteiger partial charge in [-0.3, -0.25) is 14.2 Å². The third kappa shape index (κ3) is 4.28. The van der Waals surface area contributed by atoms with E-state index >= 15 is 0 Å². The number of hydrogen-bond donors (Lipinski definition) is 1. The molecule has 0 bridgehead atoms. The third-order valence-corrected chi connectivity index (χ3v) is 5.45. The predicted molar refractivity (Wildman–Crippen MR) is 112 cm³/mol. The van der Waals surface area contributed by atoms with Gasteiger partial charge in [0.1, 0.15) is 5.69 Å². The van der Waals surface area contributed by atoms with Crippen LogP contribution in [0.3, 0.4) is 0 Å². The summed E-state index contributed by atoms with van der Waals surface area (Å²) in [6.45, 7) is 2.19. The van der Waals surface area contributed by atoms with Gasteiger partial charge < -0.3 is 5.32 Å². The summed E-state index contributed by atoms with van der Waals surface area (Å²) in [5, 5.41) is 11.0. The highest BCUT2D eigenvalue weighted by atomic mass is 35.5. The van der Waals surface area contributed by atoms with Gasteiger partial charge in [0, 0.05) is 18.0 Å². The van der Waals surface area contributed by atoms with Crippen LogP contribution in [0.1, 0.15) is 20.9 Å². The van der Waals surface area contributed by atoms with E-state index in [2.05, 4.69) is 15.6 Å². The monoisotopic (exact) mass is 425 g/mol. The summed E-state index contributed by atoms with van der Waals surface area (Å²) in [5.74, 6) is -0.204. The van der Waals surface area contributed by atoms with Crippen LogP contribution in [-0.4, -0.2) is 25.5 Å². The molecule has 3 aromatic heterocycles. The van der Waals surface area contributed by atoms with Crippen LogP contribution in [-0.2, 0) is 6.54 Å². The quantitative estimate of drug-likeness (QED) is 0.531. The first-order valence-corrected chi connectivity index (χ1v) is 9.94. The van der Waals surface area contributed by atoms with Gasteiger partial charge in [-0.15, -0.1) is 16.4 Å². The van der Waals surface area contributed by atoms with Crippen molar-refractivity contribution < 1.29 is 4.79 Å². The maximum Gasteiger partial charge on any atom is 0.261 e. The van der Waals surface area contributed by atoms with Crippen molar-refractivity contribution in [2.24, 2.45) is 0 Å². The number of aryl methyl sites for hydroxylation is 1. The van der Waals surface area contributed by atoms with Crippen LogP contribution in [0.25, 0.3) is 11.4 Å². The Hall–Kier alpha value is -3.23. The molecule has 0 aliphatic carbocycles. The molecule has 0 spiro atoms. The first-order valence-electron chi connectivity index (χ1n) is 8.74. The number of benzene rings is 1. The van der Waals surface area contributed by atoms with E-state index in [0.29, 0.717) is 14.9 Å². The zero-order valence-corrected chi connectivity index (χ0v) is 16.9. The van der Waals surface area contributed by atoms with E-state index in [1.165, 1.54) is 11.3 Å². The first-order chi connectivity index (χ1) is 14.0. The van der Waals surface area contributed by atoms with Gasteiger partial charge in [0.25, 0.3) is 11.5 Å². The molecular formula is C20H16ClN5O2S. The third-order valence-electron chi connectivity index (χ3n) is 4.22. The molecule has 1 amide bonds. The molecule has 29 heavy (non-hydrogen) atoms. The largest absolute Gasteiger partial charge is 0.346 e. The minimum absolute atomic E-state index is 0.0887. The zero-order valence-electron chi connectivity index (χ0n) is 15.4. The Labute approximate surface area is 175 Å². The van der Waals surface area contributed by atoms with E-state index in [4.69, 9.17) is 11.6 Å². The maximum absolute atomic E-state index is 12.1. The van der Waals surface area contributed by atoms with E-state index in [1.54, 1.807) is 45.9 Å². The zero-order chi connectivity index (χ0) is 20.4. The first kappa shape index (κ1) is 19.1. The van der Waals surface area contributed by atoms with Gasteiger partial charge in [-0.05, 0) is 48.9 Å². The molecular weight excluding hydrogens is 410 g/mol. The smallest absolute Gasteiger partial charge is 0.261 e. The number of halogens is 1. The second-order valence-electron chi connectivity index (χ2n) is 6.37. The molecule has 1 N–H and O–H groups in total. The highest BCUT2D eigenvalue weighted by Crippen LogP contribution is 2.21. The molecule has 3 heterocycles. The van der Waals surface area contributed by atoms with Crippen molar-refractivity contribution >= 4 is 28.8 Å². The van der Waals surface area contributed by atoms with Crippen LogP contribution in [0.15, 0.2) is 65.7 Å². The highest BCUT2D eigenvalue weighted by molar-refractivity contribution is 7.17. The van der Waals surface area contributed by atoms with E-state index in [1.807, 2.05) is 31.2 Å². The normalized spacial score (nSPS) is 10.8. The Morgan fingerprint density at radius 2 is 1.83 bits per heavy atom. The molecule has 1 aromatic carbocycles. The van der Waals surface area contributed by atoms with Crippen LogP contribution in [0.5, 0.6) is 0 Å². The van der Waals surface area contributed by atoms with Crippen LogP contribution < -0.4 is 10.9 Å². The molecule has 0 saturated carbocycles. The fraction of sp³-hybridized carbons (Fsp3) is 0.100. The van der Waals surface area contributed by atoms with Crippen LogP contribution in [0.4, 0.5) is 0 Å². The molecule has 0 aliphatic rings. The van der Waals surface area contributed by atoms with E-state index in [-0.39, 0.29) is 18.0 Å². The van der Waals surface area contributed by atoms with Gasteiger partial charge in [-0.2, -0.15) is 0 Å². The molecule has 0 saturated heterocycles. The average Bonchev–Trinajstić information content (AvgIpc) is 3.37. The highest BCUT2D eigenvalue weighted by Gasteiger charge is 2.10. The second kappa shape index (κ2) is 8.02. The molecule has 0 atom stereocenters. The summed E-state index contributed by atoms with van der Waals surface area (Å²) in [7, 11) is 0. The van der Waals surface area contributed by atoms with Crippen molar-refractivity contribution in [1.82, 2.24) is 24.9 Å². The lowest BCUT2D eigenvalue weighted by atomic mass is 10.2. The number of thiophene rings is 1. The van der Waals surface area contributed by atoms with Crippen molar-refractivity contribution in [3.63, 3.8) is 0 Å². The number of rotatable bonds is 5. The van der Waals surface area contributed by atoms with E-state index in [0.717, 1.165) is 16.9 Å². The van der Waals surface area contributed by atoms with Crippen molar-refractivity contribution in [1.29, 1.82) is 0 Å². The van der Waals surface area contributed by atoms with E-state index in [9.17, 15) is 9.59 Å². The fourth-order valence-electron chi connectivity index (χ4n) is 2.76. The standard InChI is InChI=1S/C20H16ClN5O2S/c1-13-2-9-19(27)25(11-13)15-3-5-16(6-4-15)26-12-14(23-24-26)10-22-20(28)17-7-8-18(21)29-17/h2-9,11-12H,10H2,1H3,(H,22,28). The molecule has 9 heteroatoms. The lowest BCUT2D eigenvalue weighted by Gasteiger charge is -2.07. The van der Waals surface area contributed by atoms with E-state index < -0.39 is 0 Å². The maximum atomic E-state index is 12.1. The van der Waals surface area contributed by atoms with Crippen molar-refractivity contribution in [3.05, 3.63) is 91.7 Å². The Kier molecular flexibility index (Phi) is 5.28. The van der Waals surface area contributed by atoms with Crippen molar-refractivity contribution in [2.45, 2.75) is 13.5 Å². The number of pyridine rings is 1. The molecule has 0 radical (unpaired) electrons. The van der Waals surface area contributed by atoms with Crippen LogP contribution in [0, 0.1) is 6.92 Å². The lowest BCUT2D eigenvalue weighted by Crippen LogP contribution is -2.21. The molecule has 0 unspecified atom stereocenters. The lowest BCUT2D eigenvalue weighted by molar-refractivity contribution is 0.0954. The summed E-state index contributed by atoms with van der Waals surface area (Å²) < 4.78 is 3.78. The van der Waals surface area contributed by atoms with Crippen LogP contribution >= 0.6 is 22.9 Å². The van der Waals surface area contributed by atoms with Gasteiger partial charge in [-0.25, -0.2) is 4.68 Å². The SMILES string of the molecule is Cc1ccc(=O)n(-c2ccc(-n3cc(CNC(=O)c4ccc(Cl)s4)nn3)cc2)c1. The molecule has 146 valence electrons. The topological polar surface area (TPSA) is 81.8 Å². The molecule has 4 aromatic rings. The predicted octanol–water partition coefficient (Wildman–Crippen LogP) is 3.37. The number of carbonyl (C=O) groups is 1. The Morgan fingerprint density at radius 3 is 2.55 bits per heavy atom. The summed E-state index contributed by atoms with van der Waals surface area (Å²) in [4.78, 5) is 24.7. The Bertz CT molecular complexity index is 1230. The Morgan fingerprint density at radius 1 is 1.07 bits per heavy atom. The summed E-state index contributed by atoms with van der Waals surface area (Å²) in [6, 6.07) is 14.1. The van der Waals surface area contributed by atoms with Gasteiger partial charge >= 0.3 is 0 Å². The minimum atomic E-state index is -0.204.